The average Bonchev–Trinajstić information content (AvgIpc) is 2.13. The van der Waals surface area contributed by atoms with Crippen LogP contribution in [-0.2, 0) is 9.53 Å². The molecule has 0 aromatic rings. The van der Waals surface area contributed by atoms with Crippen molar-refractivity contribution in [3.8, 4) is 6.07 Å². The molecule has 4 nitrogen and oxygen atoms in total. The first-order valence-electron chi connectivity index (χ1n) is 4.37. The number of aliphatic hydroxyl groups excluding tert-OH is 1. The molecule has 1 N–H and O–H groups in total. The van der Waals surface area contributed by atoms with Gasteiger partial charge in [0.15, 0.2) is 6.10 Å². The smallest absolute Gasteiger partial charge is 0.335 e. The van der Waals surface area contributed by atoms with E-state index in [9.17, 15) is 4.79 Å². The summed E-state index contributed by atoms with van der Waals surface area (Å²) in [5, 5.41) is 17.4. The molecule has 0 bridgehead atoms. The minimum atomic E-state index is -1.16. The molecule has 0 radical (unpaired) electrons. The maximum atomic E-state index is 11.0. The van der Waals surface area contributed by atoms with Gasteiger partial charge in [-0.05, 0) is 19.8 Å². The Balaban J connectivity index is 3.76. The number of hydrogen-bond acceptors (Lipinski definition) is 4. The fourth-order valence-corrected chi connectivity index (χ4v) is 0.679. The van der Waals surface area contributed by atoms with Crippen LogP contribution in [-0.4, -0.2) is 23.3 Å². The molecule has 0 saturated heterocycles. The number of esters is 1. The van der Waals surface area contributed by atoms with E-state index in [2.05, 4.69) is 0 Å². The lowest BCUT2D eigenvalue weighted by Gasteiger charge is -2.13. The highest BCUT2D eigenvalue weighted by Gasteiger charge is 2.17. The van der Waals surface area contributed by atoms with Crippen molar-refractivity contribution in [1.82, 2.24) is 0 Å². The predicted molar refractivity (Wildman–Crippen MR) is 46.7 cm³/mol. The van der Waals surface area contributed by atoms with E-state index in [4.69, 9.17) is 15.1 Å². The van der Waals surface area contributed by atoms with Crippen LogP contribution in [0.25, 0.3) is 0 Å². The fraction of sp³-hybridized carbons (Fsp3) is 0.778. The van der Waals surface area contributed by atoms with E-state index in [0.29, 0.717) is 0 Å². The van der Waals surface area contributed by atoms with Crippen LogP contribution < -0.4 is 0 Å². The average molecular weight is 185 g/mol. The standard InChI is InChI=1S/C9H15NO3/c1-3-7(2)13-9(12)8(11)5-4-6-10/h7-8,11H,3-5H2,1-2H3. The summed E-state index contributed by atoms with van der Waals surface area (Å²) >= 11 is 0. The van der Waals surface area contributed by atoms with E-state index >= 15 is 0 Å². The van der Waals surface area contributed by atoms with Crippen LogP contribution in [0, 0.1) is 11.3 Å². The third-order valence-electron chi connectivity index (χ3n) is 1.69. The number of nitrogens with zero attached hydrogens (tertiary/aromatic N) is 1. The summed E-state index contributed by atoms with van der Waals surface area (Å²) in [6.07, 6.45) is -0.308. The SMILES string of the molecule is CCC(C)OC(=O)C(O)CCC#N. The van der Waals surface area contributed by atoms with Gasteiger partial charge in [-0.2, -0.15) is 5.26 Å². The van der Waals surface area contributed by atoms with Gasteiger partial charge in [0.05, 0.1) is 12.2 Å². The normalized spacial score (nSPS) is 14.3. The minimum Gasteiger partial charge on any atom is -0.461 e. The Kier molecular flexibility index (Phi) is 5.90. The highest BCUT2D eigenvalue weighted by atomic mass is 16.6. The lowest BCUT2D eigenvalue weighted by molar-refractivity contribution is -0.158. The lowest BCUT2D eigenvalue weighted by atomic mass is 10.2. The van der Waals surface area contributed by atoms with Crippen molar-refractivity contribution in [2.75, 3.05) is 0 Å². The van der Waals surface area contributed by atoms with Crippen molar-refractivity contribution in [3.63, 3.8) is 0 Å². The van der Waals surface area contributed by atoms with Gasteiger partial charge >= 0.3 is 5.97 Å². The molecule has 74 valence electrons. The third-order valence-corrected chi connectivity index (χ3v) is 1.69. The Bertz CT molecular complexity index is 198. The zero-order chi connectivity index (χ0) is 10.3. The van der Waals surface area contributed by atoms with Gasteiger partial charge in [-0.25, -0.2) is 4.79 Å². The molecule has 0 heterocycles. The Morgan fingerprint density at radius 2 is 2.31 bits per heavy atom. The van der Waals surface area contributed by atoms with Crippen molar-refractivity contribution in [1.29, 1.82) is 5.26 Å². The highest BCUT2D eigenvalue weighted by molar-refractivity contribution is 5.74. The number of ether oxygens (including phenoxy) is 1. The first-order chi connectivity index (χ1) is 6.11. The Morgan fingerprint density at radius 1 is 1.69 bits per heavy atom. The number of aliphatic hydroxyl groups is 1. The van der Waals surface area contributed by atoms with Crippen LogP contribution in [0.15, 0.2) is 0 Å². The second-order valence-electron chi connectivity index (χ2n) is 2.87. The molecule has 0 aromatic heterocycles. The van der Waals surface area contributed by atoms with Gasteiger partial charge in [-0.1, -0.05) is 6.92 Å². The summed E-state index contributed by atoms with van der Waals surface area (Å²) in [6, 6.07) is 1.85. The van der Waals surface area contributed by atoms with E-state index in [1.807, 2.05) is 13.0 Å². The van der Waals surface area contributed by atoms with Crippen LogP contribution in [0.2, 0.25) is 0 Å². The maximum Gasteiger partial charge on any atom is 0.335 e. The molecule has 4 heteroatoms. The van der Waals surface area contributed by atoms with Crippen molar-refractivity contribution >= 4 is 5.97 Å². The molecule has 0 fully saturated rings. The molecule has 0 spiro atoms. The van der Waals surface area contributed by atoms with Crippen molar-refractivity contribution in [3.05, 3.63) is 0 Å². The summed E-state index contributed by atoms with van der Waals surface area (Å²) in [5.41, 5.74) is 0. The quantitative estimate of drug-likeness (QED) is 0.648. The zero-order valence-electron chi connectivity index (χ0n) is 7.99. The van der Waals surface area contributed by atoms with Gasteiger partial charge in [-0.3, -0.25) is 0 Å². The summed E-state index contributed by atoms with van der Waals surface area (Å²) in [4.78, 5) is 11.0. The topological polar surface area (TPSA) is 70.3 Å². The van der Waals surface area contributed by atoms with Crippen LogP contribution in [0.1, 0.15) is 33.1 Å². The number of nitriles is 1. The predicted octanol–water partition coefficient (Wildman–Crippen LogP) is 0.993. The maximum absolute atomic E-state index is 11.0. The second-order valence-corrected chi connectivity index (χ2v) is 2.87. The molecular weight excluding hydrogens is 170 g/mol. The van der Waals surface area contributed by atoms with Crippen LogP contribution in [0.4, 0.5) is 0 Å². The van der Waals surface area contributed by atoms with Crippen LogP contribution in [0.5, 0.6) is 0 Å². The molecule has 2 unspecified atom stereocenters. The van der Waals surface area contributed by atoms with Gasteiger partial charge in [0.1, 0.15) is 0 Å². The fourth-order valence-electron chi connectivity index (χ4n) is 0.679. The Morgan fingerprint density at radius 3 is 2.77 bits per heavy atom. The van der Waals surface area contributed by atoms with Crippen molar-refractivity contribution < 1.29 is 14.6 Å². The third kappa shape index (κ3) is 5.21. The number of carbonyl (C=O) groups is 1. The van der Waals surface area contributed by atoms with E-state index in [-0.39, 0.29) is 18.9 Å². The molecule has 0 aliphatic carbocycles. The monoisotopic (exact) mass is 185 g/mol. The summed E-state index contributed by atoms with van der Waals surface area (Å²) in [6.45, 7) is 3.65. The van der Waals surface area contributed by atoms with Crippen LogP contribution in [0.3, 0.4) is 0 Å². The van der Waals surface area contributed by atoms with E-state index in [0.717, 1.165) is 6.42 Å². The van der Waals surface area contributed by atoms with Gasteiger partial charge in [0.25, 0.3) is 0 Å². The van der Waals surface area contributed by atoms with E-state index in [1.54, 1.807) is 6.92 Å². The molecule has 2 atom stereocenters. The Hall–Kier alpha value is -1.08. The number of hydrogen-bond donors (Lipinski definition) is 1. The Labute approximate surface area is 78.1 Å². The van der Waals surface area contributed by atoms with Gasteiger partial charge in [0.2, 0.25) is 0 Å². The summed E-state index contributed by atoms with van der Waals surface area (Å²) in [7, 11) is 0. The first-order valence-corrected chi connectivity index (χ1v) is 4.37. The highest BCUT2D eigenvalue weighted by Crippen LogP contribution is 2.03. The molecule has 0 saturated carbocycles. The number of carbonyl (C=O) groups excluding carboxylic acids is 1. The lowest BCUT2D eigenvalue weighted by Crippen LogP contribution is -2.26. The van der Waals surface area contributed by atoms with Crippen LogP contribution >= 0.6 is 0 Å². The second kappa shape index (κ2) is 6.44. The van der Waals surface area contributed by atoms with E-state index in [1.165, 1.54) is 0 Å². The zero-order valence-corrected chi connectivity index (χ0v) is 7.99. The molecule has 13 heavy (non-hydrogen) atoms. The molecule has 0 aliphatic rings. The van der Waals surface area contributed by atoms with Gasteiger partial charge in [0, 0.05) is 6.42 Å². The molecular formula is C9H15NO3. The molecule has 0 rings (SSSR count). The van der Waals surface area contributed by atoms with E-state index < -0.39 is 12.1 Å². The number of rotatable bonds is 5. The van der Waals surface area contributed by atoms with Gasteiger partial charge in [-0.15, -0.1) is 0 Å². The summed E-state index contributed by atoms with van der Waals surface area (Å²) in [5.74, 6) is -0.635. The summed E-state index contributed by atoms with van der Waals surface area (Å²) < 4.78 is 4.86. The van der Waals surface area contributed by atoms with Gasteiger partial charge < -0.3 is 9.84 Å². The molecule has 0 amide bonds. The molecule has 0 aromatic carbocycles. The molecule has 0 aliphatic heterocycles. The minimum absolute atomic E-state index is 0.145. The van der Waals surface area contributed by atoms with Crippen molar-refractivity contribution in [2.24, 2.45) is 0 Å². The first kappa shape index (κ1) is 11.9. The largest absolute Gasteiger partial charge is 0.461 e. The van der Waals surface area contributed by atoms with Crippen molar-refractivity contribution in [2.45, 2.75) is 45.3 Å².